The number of carbonyl (C=O) groups excluding carboxylic acids is 2. The van der Waals surface area contributed by atoms with Gasteiger partial charge in [-0.05, 0) is 54.7 Å². The number of ether oxygens (including phenoxy) is 3. The molecule has 2 amide bonds. The van der Waals surface area contributed by atoms with Crippen molar-refractivity contribution in [2.45, 2.75) is 12.2 Å². The Balaban J connectivity index is 1.67. The summed E-state index contributed by atoms with van der Waals surface area (Å²) >= 11 is 5.23. The van der Waals surface area contributed by atoms with Crippen LogP contribution in [0.25, 0.3) is 0 Å². The summed E-state index contributed by atoms with van der Waals surface area (Å²) in [4.78, 5) is 25.1. The number of carbonyl (C=O) groups is 2. The van der Waals surface area contributed by atoms with E-state index in [1.54, 1.807) is 30.3 Å². The maximum Gasteiger partial charge on any atom is 0.257 e. The van der Waals surface area contributed by atoms with Crippen LogP contribution in [0.5, 0.6) is 17.2 Å². The number of allylic oxidation sites excluding steroid dienone is 1. The van der Waals surface area contributed by atoms with Crippen LogP contribution >= 0.6 is 12.2 Å². The average Bonchev–Trinajstić information content (AvgIpc) is 2.85. The molecule has 1 aliphatic rings. The highest BCUT2D eigenvalue weighted by Crippen LogP contribution is 2.38. The van der Waals surface area contributed by atoms with Crippen molar-refractivity contribution in [1.82, 2.24) is 16.0 Å². The fourth-order valence-electron chi connectivity index (χ4n) is 3.23. The smallest absolute Gasteiger partial charge is 0.257 e. The first-order chi connectivity index (χ1) is 16.4. The van der Waals surface area contributed by atoms with Crippen molar-refractivity contribution in [2.24, 2.45) is 0 Å². The topological polar surface area (TPSA) is 97.9 Å². The van der Waals surface area contributed by atoms with Gasteiger partial charge in [0, 0.05) is 16.8 Å². The maximum atomic E-state index is 14.4. The number of thiocarbonyl (C=S) groups is 1. The molecule has 0 spiro atoms. The fraction of sp³-hybridized carbons (Fsp3) is 0.208. The summed E-state index contributed by atoms with van der Waals surface area (Å²) in [6.07, 6.45) is 2.85. The molecule has 0 bridgehead atoms. The van der Waals surface area contributed by atoms with Gasteiger partial charge in [-0.3, -0.25) is 14.9 Å². The van der Waals surface area contributed by atoms with Crippen LogP contribution in [0.1, 0.15) is 20.7 Å². The minimum Gasteiger partial charge on any atom is -0.493 e. The highest BCUT2D eigenvalue weighted by atomic mass is 32.1. The molecule has 0 fully saturated rings. The Bertz CT molecular complexity index is 1110. The zero-order chi connectivity index (χ0) is 24.7. The lowest BCUT2D eigenvalue weighted by molar-refractivity contribution is 0.0930. The second kappa shape index (κ2) is 11.3. The predicted molar refractivity (Wildman–Crippen MR) is 129 cm³/mol. The predicted octanol–water partition coefficient (Wildman–Crippen LogP) is 2.91. The van der Waals surface area contributed by atoms with E-state index in [1.807, 2.05) is 0 Å². The molecule has 3 N–H and O–H groups in total. The van der Waals surface area contributed by atoms with Crippen molar-refractivity contribution in [3.8, 4) is 17.2 Å². The number of hydrogen-bond donors (Lipinski definition) is 3. The lowest BCUT2D eigenvalue weighted by Gasteiger charge is -2.22. The van der Waals surface area contributed by atoms with Gasteiger partial charge in [-0.2, -0.15) is 0 Å². The van der Waals surface area contributed by atoms with Crippen molar-refractivity contribution >= 4 is 29.1 Å². The van der Waals surface area contributed by atoms with Gasteiger partial charge in [0.2, 0.25) is 5.75 Å². The molecule has 3 rings (SSSR count). The van der Waals surface area contributed by atoms with E-state index in [9.17, 15) is 14.0 Å². The molecule has 178 valence electrons. The van der Waals surface area contributed by atoms with Gasteiger partial charge in [-0.15, -0.1) is 0 Å². The molecular formula is C24H24FN3O5S. The van der Waals surface area contributed by atoms with Gasteiger partial charge in [0.25, 0.3) is 11.8 Å². The molecule has 0 radical (unpaired) electrons. The van der Waals surface area contributed by atoms with Crippen LogP contribution < -0.4 is 30.2 Å². The van der Waals surface area contributed by atoms with Crippen LogP contribution in [0.3, 0.4) is 0 Å². The summed E-state index contributed by atoms with van der Waals surface area (Å²) in [6.45, 7) is 0. The van der Waals surface area contributed by atoms with Crippen LogP contribution in [-0.4, -0.2) is 50.5 Å². The summed E-state index contributed by atoms with van der Waals surface area (Å²) in [7, 11) is 4.35. The number of alkyl halides is 1. The van der Waals surface area contributed by atoms with E-state index >= 15 is 0 Å². The first-order valence-electron chi connectivity index (χ1n) is 10.2. The van der Waals surface area contributed by atoms with Gasteiger partial charge in [-0.1, -0.05) is 18.2 Å². The molecule has 0 aliphatic heterocycles. The molecule has 0 heterocycles. The third kappa shape index (κ3) is 5.90. The number of amides is 2. The normalized spacial score (nSPS) is 16.6. The molecule has 2 atom stereocenters. The van der Waals surface area contributed by atoms with E-state index in [-0.39, 0.29) is 10.7 Å². The van der Waals surface area contributed by atoms with Crippen LogP contribution in [-0.2, 0) is 0 Å². The number of rotatable bonds is 7. The molecule has 2 aromatic carbocycles. The second-order valence-corrected chi connectivity index (χ2v) is 7.52. The zero-order valence-corrected chi connectivity index (χ0v) is 19.6. The highest BCUT2D eigenvalue weighted by molar-refractivity contribution is 7.80. The van der Waals surface area contributed by atoms with Crippen molar-refractivity contribution in [1.29, 1.82) is 0 Å². The largest absolute Gasteiger partial charge is 0.493 e. The van der Waals surface area contributed by atoms with Crippen molar-refractivity contribution in [3.63, 3.8) is 0 Å². The van der Waals surface area contributed by atoms with Gasteiger partial charge in [-0.25, -0.2) is 4.39 Å². The lowest BCUT2D eigenvalue weighted by atomic mass is 10.0. The SMILES string of the molecule is COc1cc(C(=O)NC(=S)NC2=CC(NC(=O)c3ccccc3)C(F)C=C2)cc(OC)c1OC. The molecule has 0 aromatic heterocycles. The van der Waals surface area contributed by atoms with E-state index in [1.165, 1.54) is 51.7 Å². The van der Waals surface area contributed by atoms with Crippen molar-refractivity contribution < 1.29 is 28.2 Å². The molecule has 0 saturated carbocycles. The van der Waals surface area contributed by atoms with Crippen LogP contribution in [0, 0.1) is 0 Å². The van der Waals surface area contributed by atoms with Crippen molar-refractivity contribution in [3.05, 3.63) is 77.5 Å². The first-order valence-corrected chi connectivity index (χ1v) is 10.6. The standard InChI is InChI=1S/C24H24FN3O5S/c1-31-19-11-15(12-20(32-2)21(19)33-3)23(30)28-24(34)26-16-9-10-17(25)18(13-16)27-22(29)14-7-5-4-6-8-14/h4-13,17-18H,1-3H3,(H,27,29)(H2,26,28,30,34). The molecule has 1 aliphatic carbocycles. The Morgan fingerprint density at radius 3 is 2.18 bits per heavy atom. The Morgan fingerprint density at radius 2 is 1.59 bits per heavy atom. The number of hydrogen-bond acceptors (Lipinski definition) is 6. The van der Waals surface area contributed by atoms with E-state index < -0.39 is 24.0 Å². The van der Waals surface area contributed by atoms with Crippen molar-refractivity contribution in [2.75, 3.05) is 21.3 Å². The van der Waals surface area contributed by atoms with Gasteiger partial charge in [0.05, 0.1) is 27.4 Å². The Morgan fingerprint density at radius 1 is 0.941 bits per heavy atom. The number of benzene rings is 2. The first kappa shape index (κ1) is 24.7. The fourth-order valence-corrected chi connectivity index (χ4v) is 3.45. The monoisotopic (exact) mass is 485 g/mol. The maximum absolute atomic E-state index is 14.4. The van der Waals surface area contributed by atoms with E-state index in [0.717, 1.165) is 0 Å². The summed E-state index contributed by atoms with van der Waals surface area (Å²) in [5.41, 5.74) is 1.06. The summed E-state index contributed by atoms with van der Waals surface area (Å²) in [5, 5.41) is 8.01. The molecule has 2 aromatic rings. The zero-order valence-electron chi connectivity index (χ0n) is 18.8. The van der Waals surface area contributed by atoms with Crippen LogP contribution in [0.4, 0.5) is 4.39 Å². The highest BCUT2D eigenvalue weighted by Gasteiger charge is 2.24. The molecule has 34 heavy (non-hydrogen) atoms. The molecule has 8 nitrogen and oxygen atoms in total. The average molecular weight is 486 g/mol. The summed E-state index contributed by atoms with van der Waals surface area (Å²) in [5.74, 6) is 0.0561. The van der Waals surface area contributed by atoms with Crippen LogP contribution in [0.15, 0.2) is 66.4 Å². The van der Waals surface area contributed by atoms with Crippen LogP contribution in [0.2, 0.25) is 0 Å². The van der Waals surface area contributed by atoms with Gasteiger partial charge < -0.3 is 24.8 Å². The molecule has 10 heteroatoms. The van der Waals surface area contributed by atoms with Gasteiger partial charge >= 0.3 is 0 Å². The number of nitrogens with one attached hydrogen (secondary N) is 3. The van der Waals surface area contributed by atoms with E-state index in [2.05, 4.69) is 16.0 Å². The quantitative estimate of drug-likeness (QED) is 0.519. The number of halogens is 1. The molecule has 2 unspecified atom stereocenters. The molecule has 0 saturated heterocycles. The minimum absolute atomic E-state index is 0.0138. The third-order valence-corrected chi connectivity index (χ3v) is 5.11. The lowest BCUT2D eigenvalue weighted by Crippen LogP contribution is -2.43. The summed E-state index contributed by atoms with van der Waals surface area (Å²) < 4.78 is 30.1. The minimum atomic E-state index is -1.42. The Kier molecular flexibility index (Phi) is 8.20. The summed E-state index contributed by atoms with van der Waals surface area (Å²) in [6, 6.07) is 10.6. The molecular weight excluding hydrogens is 461 g/mol. The third-order valence-electron chi connectivity index (χ3n) is 4.91. The second-order valence-electron chi connectivity index (χ2n) is 7.11. The van der Waals surface area contributed by atoms with E-state index in [0.29, 0.717) is 28.5 Å². The van der Waals surface area contributed by atoms with Gasteiger partial charge in [0.1, 0.15) is 6.17 Å². The Labute approximate surface area is 201 Å². The van der Waals surface area contributed by atoms with E-state index in [4.69, 9.17) is 26.4 Å². The number of methoxy groups -OCH3 is 3. The Hall–Kier alpha value is -3.92. The van der Waals surface area contributed by atoms with Gasteiger partial charge in [0.15, 0.2) is 16.6 Å².